The van der Waals surface area contributed by atoms with E-state index in [1.807, 2.05) is 0 Å². The van der Waals surface area contributed by atoms with Gasteiger partial charge in [-0.3, -0.25) is 9.36 Å². The molecule has 2 aromatic rings. The number of carbonyl (C=O) groups excluding carboxylic acids is 1. The Bertz CT molecular complexity index is 810. The third kappa shape index (κ3) is 1.93. The fourth-order valence-electron chi connectivity index (χ4n) is 3.33. The number of hydrogen-bond donors (Lipinski definition) is 3. The first-order chi connectivity index (χ1) is 11.5. The second-order valence-electron chi connectivity index (χ2n) is 5.99. The van der Waals surface area contributed by atoms with Crippen LogP contribution < -0.4 is 5.73 Å². The molecule has 2 fully saturated rings. The molecular weight excluding hydrogens is 318 g/mol. The van der Waals surface area contributed by atoms with E-state index in [2.05, 4.69) is 15.0 Å². The van der Waals surface area contributed by atoms with E-state index in [0.717, 1.165) is 0 Å². The Kier molecular flexibility index (Phi) is 3.24. The summed E-state index contributed by atoms with van der Waals surface area (Å²) < 4.78 is 12.3. The lowest BCUT2D eigenvalue weighted by atomic mass is 10.1. The van der Waals surface area contributed by atoms with Crippen LogP contribution in [0.15, 0.2) is 12.7 Å². The smallest absolute Gasteiger partial charge is 0.312 e. The molecule has 0 bridgehead atoms. The number of imidazole rings is 1. The molecule has 0 aromatic carbocycles. The summed E-state index contributed by atoms with van der Waals surface area (Å²) in [6.45, 7) is 1.95. The first-order valence-corrected chi connectivity index (χ1v) is 7.63. The number of rotatable bonds is 3. The molecule has 3 unspecified atom stereocenters. The highest BCUT2D eigenvalue weighted by Crippen LogP contribution is 2.58. The number of nitrogens with zero attached hydrogens (tertiary/aromatic N) is 4. The Morgan fingerprint density at radius 2 is 2.29 bits per heavy atom. The van der Waals surface area contributed by atoms with Crippen molar-refractivity contribution in [1.29, 1.82) is 0 Å². The SMILES string of the molecule is CCOC(=O)[C@H]1C[C@]12OC(n1cnc3c(N)ncnc31)C(O)C2O. The number of esters is 1. The lowest BCUT2D eigenvalue weighted by molar-refractivity contribution is -0.148. The number of aliphatic hydroxyl groups excluding tert-OH is 2. The van der Waals surface area contributed by atoms with Gasteiger partial charge in [-0.2, -0.15) is 0 Å². The monoisotopic (exact) mass is 335 g/mol. The highest BCUT2D eigenvalue weighted by molar-refractivity contribution is 5.81. The van der Waals surface area contributed by atoms with Crippen LogP contribution in [0.1, 0.15) is 19.6 Å². The Morgan fingerprint density at radius 1 is 1.50 bits per heavy atom. The number of aliphatic hydroxyl groups is 2. The molecule has 5 atom stereocenters. The molecule has 3 heterocycles. The van der Waals surface area contributed by atoms with Crippen molar-refractivity contribution in [3.05, 3.63) is 12.7 Å². The maximum atomic E-state index is 11.9. The summed E-state index contributed by atoms with van der Waals surface area (Å²) >= 11 is 0. The van der Waals surface area contributed by atoms with Crippen LogP contribution in [0.4, 0.5) is 5.82 Å². The first kappa shape index (κ1) is 15.2. The van der Waals surface area contributed by atoms with E-state index in [1.54, 1.807) is 6.92 Å². The number of carbonyl (C=O) groups is 1. The van der Waals surface area contributed by atoms with Crippen LogP contribution >= 0.6 is 0 Å². The Morgan fingerprint density at radius 3 is 3.04 bits per heavy atom. The Hall–Kier alpha value is -2.30. The fraction of sp³-hybridized carbons (Fsp3) is 0.571. The third-order valence-electron chi connectivity index (χ3n) is 4.64. The minimum absolute atomic E-state index is 0.206. The fourth-order valence-corrected chi connectivity index (χ4v) is 3.33. The van der Waals surface area contributed by atoms with Gasteiger partial charge in [-0.25, -0.2) is 15.0 Å². The average Bonchev–Trinajstić information content (AvgIpc) is 3.05. The number of ether oxygens (including phenoxy) is 2. The number of fused-ring (bicyclic) bond motifs is 1. The van der Waals surface area contributed by atoms with Crippen molar-refractivity contribution in [3.63, 3.8) is 0 Å². The summed E-state index contributed by atoms with van der Waals surface area (Å²) in [5.74, 6) is -0.828. The molecule has 1 aliphatic heterocycles. The molecule has 2 aliphatic rings. The van der Waals surface area contributed by atoms with Crippen molar-refractivity contribution >= 4 is 23.0 Å². The molecule has 0 radical (unpaired) electrons. The highest BCUT2D eigenvalue weighted by Gasteiger charge is 2.72. The van der Waals surface area contributed by atoms with E-state index < -0.39 is 35.9 Å². The van der Waals surface area contributed by atoms with E-state index in [4.69, 9.17) is 15.2 Å². The van der Waals surface area contributed by atoms with E-state index in [0.29, 0.717) is 17.6 Å². The van der Waals surface area contributed by atoms with Gasteiger partial charge in [-0.1, -0.05) is 0 Å². The molecule has 1 saturated carbocycles. The lowest BCUT2D eigenvalue weighted by Gasteiger charge is -2.16. The van der Waals surface area contributed by atoms with Gasteiger partial charge in [0.2, 0.25) is 0 Å². The van der Waals surface area contributed by atoms with Crippen molar-refractivity contribution < 1.29 is 24.5 Å². The molecule has 4 N–H and O–H groups in total. The topological polar surface area (TPSA) is 146 Å². The molecule has 4 rings (SSSR count). The van der Waals surface area contributed by atoms with Crippen molar-refractivity contribution in [3.8, 4) is 0 Å². The predicted molar refractivity (Wildman–Crippen MR) is 79.3 cm³/mol. The van der Waals surface area contributed by atoms with Gasteiger partial charge in [0.05, 0.1) is 18.9 Å². The van der Waals surface area contributed by atoms with Gasteiger partial charge in [0.25, 0.3) is 0 Å². The molecule has 2 aromatic heterocycles. The summed E-state index contributed by atoms with van der Waals surface area (Å²) in [6.07, 6.45) is -0.395. The van der Waals surface area contributed by atoms with Gasteiger partial charge < -0.3 is 25.4 Å². The number of nitrogen functional groups attached to an aromatic ring is 1. The van der Waals surface area contributed by atoms with Gasteiger partial charge in [0.15, 0.2) is 17.7 Å². The standard InChI is InChI=1S/C14H17N5O5/c1-2-23-13(22)6-3-14(6)9(21)8(20)12(24-14)19-5-18-7-10(15)16-4-17-11(7)19/h4-6,8-9,12,20-21H,2-3H2,1H3,(H2,15,16,17)/t6-,8?,9?,12?,14+/m1/s1. The zero-order valence-corrected chi connectivity index (χ0v) is 12.9. The Labute approximate surface area is 136 Å². The van der Waals surface area contributed by atoms with E-state index in [-0.39, 0.29) is 12.4 Å². The van der Waals surface area contributed by atoms with Crippen molar-refractivity contribution in [2.75, 3.05) is 12.3 Å². The molecule has 0 amide bonds. The van der Waals surface area contributed by atoms with E-state index >= 15 is 0 Å². The second kappa shape index (κ2) is 5.10. The largest absolute Gasteiger partial charge is 0.466 e. The summed E-state index contributed by atoms with van der Waals surface area (Å²) in [5, 5.41) is 20.8. The summed E-state index contributed by atoms with van der Waals surface area (Å²) in [7, 11) is 0. The number of aromatic nitrogens is 4. The van der Waals surface area contributed by atoms with Crippen LogP contribution in [0.3, 0.4) is 0 Å². The van der Waals surface area contributed by atoms with Gasteiger partial charge in [0.1, 0.15) is 29.7 Å². The quantitative estimate of drug-likeness (QED) is 0.600. The summed E-state index contributed by atoms with van der Waals surface area (Å²) in [4.78, 5) is 24.0. The van der Waals surface area contributed by atoms with Crippen LogP contribution in [0, 0.1) is 5.92 Å². The van der Waals surface area contributed by atoms with Gasteiger partial charge >= 0.3 is 5.97 Å². The molecule has 1 saturated heterocycles. The molecular formula is C14H17N5O5. The van der Waals surface area contributed by atoms with Crippen molar-refractivity contribution in [2.24, 2.45) is 5.92 Å². The van der Waals surface area contributed by atoms with Crippen LogP contribution in [0.25, 0.3) is 11.2 Å². The molecule has 1 aliphatic carbocycles. The first-order valence-electron chi connectivity index (χ1n) is 7.63. The number of anilines is 1. The minimum Gasteiger partial charge on any atom is -0.466 e. The van der Waals surface area contributed by atoms with Gasteiger partial charge in [-0.15, -0.1) is 0 Å². The summed E-state index contributed by atoms with van der Waals surface area (Å²) in [6, 6.07) is 0. The minimum atomic E-state index is -1.24. The van der Waals surface area contributed by atoms with Crippen LogP contribution in [-0.4, -0.2) is 60.1 Å². The maximum absolute atomic E-state index is 11.9. The summed E-state index contributed by atoms with van der Waals surface area (Å²) in [5.41, 5.74) is 5.37. The number of hydrogen-bond acceptors (Lipinski definition) is 9. The predicted octanol–water partition coefficient (Wildman–Crippen LogP) is -1.02. The zero-order valence-electron chi connectivity index (χ0n) is 12.9. The normalized spacial score (nSPS) is 34.8. The third-order valence-corrected chi connectivity index (χ3v) is 4.64. The molecule has 10 nitrogen and oxygen atoms in total. The number of nitrogens with two attached hydrogens (primary N) is 1. The van der Waals surface area contributed by atoms with Crippen molar-refractivity contribution in [2.45, 2.75) is 37.4 Å². The van der Waals surface area contributed by atoms with Crippen LogP contribution in [-0.2, 0) is 14.3 Å². The van der Waals surface area contributed by atoms with Crippen LogP contribution in [0.5, 0.6) is 0 Å². The van der Waals surface area contributed by atoms with Gasteiger partial charge in [-0.05, 0) is 13.3 Å². The average molecular weight is 335 g/mol. The highest BCUT2D eigenvalue weighted by atomic mass is 16.6. The van der Waals surface area contributed by atoms with E-state index in [1.165, 1.54) is 17.2 Å². The lowest BCUT2D eigenvalue weighted by Crippen LogP contribution is -2.35. The molecule has 1 spiro atoms. The van der Waals surface area contributed by atoms with E-state index in [9.17, 15) is 15.0 Å². The van der Waals surface area contributed by atoms with Crippen LogP contribution in [0.2, 0.25) is 0 Å². The van der Waals surface area contributed by atoms with Crippen molar-refractivity contribution in [1.82, 2.24) is 19.5 Å². The molecule has 128 valence electrons. The second-order valence-corrected chi connectivity index (χ2v) is 5.99. The maximum Gasteiger partial charge on any atom is 0.312 e. The Balaban J connectivity index is 1.66. The zero-order chi connectivity index (χ0) is 17.1. The van der Waals surface area contributed by atoms with Gasteiger partial charge in [0, 0.05) is 0 Å². The molecule has 10 heteroatoms. The molecule has 24 heavy (non-hydrogen) atoms.